The first-order chi connectivity index (χ1) is 10.1. The second kappa shape index (κ2) is 4.67. The standard InChI is InChI=1S/C13H17N5O2S/c19-21(20,11-2-3-11)18-8-6-16(7-9-18)12-10-17-5-1-4-14-13(17)15-12/h1,4-5,10-11H,2-3,6-9H2. The Kier molecular flexibility index (Phi) is 2.90. The van der Waals surface area contributed by atoms with E-state index < -0.39 is 10.0 Å². The molecule has 2 fully saturated rings. The lowest BCUT2D eigenvalue weighted by molar-refractivity contribution is 0.383. The Hall–Kier alpha value is -1.67. The van der Waals surface area contributed by atoms with E-state index in [4.69, 9.17) is 0 Å². The Balaban J connectivity index is 1.49. The van der Waals surface area contributed by atoms with E-state index in [-0.39, 0.29) is 5.25 Å². The molecule has 1 saturated heterocycles. The Morgan fingerprint density at radius 1 is 1.14 bits per heavy atom. The van der Waals surface area contributed by atoms with E-state index in [0.717, 1.165) is 18.7 Å². The monoisotopic (exact) mass is 307 g/mol. The summed E-state index contributed by atoms with van der Waals surface area (Å²) >= 11 is 0. The molecule has 0 N–H and O–H groups in total. The van der Waals surface area contributed by atoms with Crippen molar-refractivity contribution in [2.75, 3.05) is 31.1 Å². The molecule has 4 rings (SSSR count). The molecule has 0 radical (unpaired) electrons. The van der Waals surface area contributed by atoms with Crippen LogP contribution >= 0.6 is 0 Å². The quantitative estimate of drug-likeness (QED) is 0.818. The molecule has 0 spiro atoms. The summed E-state index contributed by atoms with van der Waals surface area (Å²) in [6.07, 6.45) is 7.20. The number of anilines is 1. The molecule has 0 aromatic carbocycles. The lowest BCUT2D eigenvalue weighted by Crippen LogP contribution is -2.49. The van der Waals surface area contributed by atoms with E-state index in [1.807, 2.05) is 22.9 Å². The van der Waals surface area contributed by atoms with E-state index in [2.05, 4.69) is 14.9 Å². The Morgan fingerprint density at radius 2 is 1.90 bits per heavy atom. The van der Waals surface area contributed by atoms with Crippen LogP contribution in [0.1, 0.15) is 12.8 Å². The molecule has 0 unspecified atom stereocenters. The second-order valence-corrected chi connectivity index (χ2v) is 7.77. The van der Waals surface area contributed by atoms with Crippen LogP contribution in [0.5, 0.6) is 0 Å². The van der Waals surface area contributed by atoms with Crippen molar-refractivity contribution in [2.45, 2.75) is 18.1 Å². The molecule has 7 nitrogen and oxygen atoms in total. The van der Waals surface area contributed by atoms with Crippen molar-refractivity contribution < 1.29 is 8.42 Å². The fourth-order valence-electron chi connectivity index (χ4n) is 2.72. The van der Waals surface area contributed by atoms with Crippen molar-refractivity contribution in [3.05, 3.63) is 24.7 Å². The summed E-state index contributed by atoms with van der Waals surface area (Å²) in [7, 11) is -3.05. The van der Waals surface area contributed by atoms with Gasteiger partial charge in [-0.3, -0.25) is 4.40 Å². The first-order valence-corrected chi connectivity index (χ1v) is 8.68. The minimum absolute atomic E-state index is 0.122. The van der Waals surface area contributed by atoms with Crippen LogP contribution in [-0.4, -0.2) is 58.5 Å². The van der Waals surface area contributed by atoms with Crippen LogP contribution in [0.25, 0.3) is 5.78 Å². The molecule has 21 heavy (non-hydrogen) atoms. The molecule has 1 saturated carbocycles. The van der Waals surface area contributed by atoms with Gasteiger partial charge in [-0.2, -0.15) is 9.29 Å². The number of rotatable bonds is 3. The predicted molar refractivity (Wildman–Crippen MR) is 78.7 cm³/mol. The average Bonchev–Trinajstić information content (AvgIpc) is 3.27. The smallest absolute Gasteiger partial charge is 0.235 e. The van der Waals surface area contributed by atoms with Gasteiger partial charge in [0.2, 0.25) is 15.8 Å². The Bertz CT molecular complexity index is 727. The van der Waals surface area contributed by atoms with Gasteiger partial charge in [-0.1, -0.05) is 0 Å². The number of aromatic nitrogens is 3. The highest BCUT2D eigenvalue weighted by molar-refractivity contribution is 7.90. The summed E-state index contributed by atoms with van der Waals surface area (Å²) < 4.78 is 27.9. The minimum atomic E-state index is -3.05. The fraction of sp³-hybridized carbons (Fsp3) is 0.538. The number of fused-ring (bicyclic) bond motifs is 1. The Labute approximate surface area is 123 Å². The molecule has 0 amide bonds. The summed E-state index contributed by atoms with van der Waals surface area (Å²) in [6.45, 7) is 2.44. The molecule has 2 aromatic heterocycles. The molecular formula is C13H17N5O2S. The van der Waals surface area contributed by atoms with E-state index in [1.54, 1.807) is 10.5 Å². The van der Waals surface area contributed by atoms with Gasteiger partial charge < -0.3 is 4.90 Å². The van der Waals surface area contributed by atoms with Gasteiger partial charge in [0, 0.05) is 38.6 Å². The van der Waals surface area contributed by atoms with Gasteiger partial charge in [0.1, 0.15) is 5.82 Å². The largest absolute Gasteiger partial charge is 0.353 e. The molecule has 112 valence electrons. The number of sulfonamides is 1. The molecule has 1 aliphatic carbocycles. The Morgan fingerprint density at radius 3 is 2.57 bits per heavy atom. The molecule has 8 heteroatoms. The SMILES string of the molecule is O=S(=O)(C1CC1)N1CCN(c2cn3cccnc3n2)CC1. The molecule has 0 bridgehead atoms. The van der Waals surface area contributed by atoms with Crippen molar-refractivity contribution in [3.8, 4) is 0 Å². The third-order valence-electron chi connectivity index (χ3n) is 4.09. The summed E-state index contributed by atoms with van der Waals surface area (Å²) in [5.41, 5.74) is 0. The number of piperazine rings is 1. The molecule has 3 heterocycles. The highest BCUT2D eigenvalue weighted by Gasteiger charge is 2.41. The first kappa shape index (κ1) is 13.0. The third-order valence-corrected chi connectivity index (χ3v) is 6.49. The number of hydrogen-bond acceptors (Lipinski definition) is 5. The van der Waals surface area contributed by atoms with Gasteiger partial charge in [-0.25, -0.2) is 13.4 Å². The van der Waals surface area contributed by atoms with E-state index in [9.17, 15) is 8.42 Å². The van der Waals surface area contributed by atoms with Crippen LogP contribution in [0.3, 0.4) is 0 Å². The van der Waals surface area contributed by atoms with Gasteiger partial charge in [0.15, 0.2) is 0 Å². The maximum atomic E-state index is 12.2. The van der Waals surface area contributed by atoms with Gasteiger partial charge in [-0.15, -0.1) is 0 Å². The lowest BCUT2D eigenvalue weighted by atomic mass is 10.4. The zero-order chi connectivity index (χ0) is 14.4. The van der Waals surface area contributed by atoms with Crippen LogP contribution in [-0.2, 0) is 10.0 Å². The summed E-state index contributed by atoms with van der Waals surface area (Å²) in [6, 6.07) is 1.86. The molecule has 0 atom stereocenters. The molecule has 2 aliphatic rings. The van der Waals surface area contributed by atoms with Crippen molar-refractivity contribution in [1.82, 2.24) is 18.7 Å². The highest BCUT2D eigenvalue weighted by atomic mass is 32.2. The van der Waals surface area contributed by atoms with Crippen molar-refractivity contribution in [3.63, 3.8) is 0 Å². The summed E-state index contributed by atoms with van der Waals surface area (Å²) in [4.78, 5) is 10.8. The third kappa shape index (κ3) is 2.28. The zero-order valence-corrected chi connectivity index (χ0v) is 12.4. The van der Waals surface area contributed by atoms with Crippen LogP contribution in [0.2, 0.25) is 0 Å². The van der Waals surface area contributed by atoms with E-state index in [0.29, 0.717) is 32.0 Å². The van der Waals surface area contributed by atoms with E-state index in [1.165, 1.54) is 0 Å². The van der Waals surface area contributed by atoms with Gasteiger partial charge in [-0.05, 0) is 18.9 Å². The molecule has 2 aromatic rings. The lowest BCUT2D eigenvalue weighted by Gasteiger charge is -2.34. The zero-order valence-electron chi connectivity index (χ0n) is 11.6. The topological polar surface area (TPSA) is 70.8 Å². The van der Waals surface area contributed by atoms with Gasteiger partial charge in [0.05, 0.1) is 11.4 Å². The number of imidazole rings is 1. The van der Waals surface area contributed by atoms with Crippen LogP contribution < -0.4 is 4.90 Å². The summed E-state index contributed by atoms with van der Waals surface area (Å²) in [5.74, 6) is 1.53. The van der Waals surface area contributed by atoms with Crippen LogP contribution in [0.4, 0.5) is 5.82 Å². The van der Waals surface area contributed by atoms with Crippen LogP contribution in [0.15, 0.2) is 24.7 Å². The van der Waals surface area contributed by atoms with Gasteiger partial charge >= 0.3 is 0 Å². The average molecular weight is 307 g/mol. The van der Waals surface area contributed by atoms with Crippen molar-refractivity contribution in [2.24, 2.45) is 0 Å². The van der Waals surface area contributed by atoms with Crippen molar-refractivity contribution in [1.29, 1.82) is 0 Å². The first-order valence-electron chi connectivity index (χ1n) is 7.18. The van der Waals surface area contributed by atoms with Crippen LogP contribution in [0, 0.1) is 0 Å². The summed E-state index contributed by atoms with van der Waals surface area (Å²) in [5, 5.41) is -0.122. The predicted octanol–water partition coefficient (Wildman–Crippen LogP) is 0.343. The van der Waals surface area contributed by atoms with Crippen molar-refractivity contribution >= 4 is 21.6 Å². The fourth-order valence-corrected chi connectivity index (χ4v) is 4.54. The number of hydrogen-bond donors (Lipinski definition) is 0. The second-order valence-electron chi connectivity index (χ2n) is 5.56. The molecular weight excluding hydrogens is 290 g/mol. The van der Waals surface area contributed by atoms with E-state index >= 15 is 0 Å². The highest BCUT2D eigenvalue weighted by Crippen LogP contribution is 2.31. The number of nitrogens with zero attached hydrogens (tertiary/aromatic N) is 5. The normalized spacial score (nSPS) is 21.0. The maximum absolute atomic E-state index is 12.2. The molecule has 1 aliphatic heterocycles. The minimum Gasteiger partial charge on any atom is -0.353 e. The maximum Gasteiger partial charge on any atom is 0.235 e. The van der Waals surface area contributed by atoms with Gasteiger partial charge in [0.25, 0.3) is 0 Å².